The second-order valence-corrected chi connectivity index (χ2v) is 8.28. The largest absolute Gasteiger partial charge is 0.326 e. The van der Waals surface area contributed by atoms with Gasteiger partial charge in [0.15, 0.2) is 0 Å². The fraction of sp³-hybridized carbons (Fsp3) is 0.316. The monoisotopic (exact) mass is 360 g/mol. The molecular weight excluding hydrogens is 336 g/mol. The molecule has 134 valence electrons. The van der Waals surface area contributed by atoms with Crippen molar-refractivity contribution < 1.29 is 13.2 Å². The van der Waals surface area contributed by atoms with Gasteiger partial charge in [0.1, 0.15) is 0 Å². The van der Waals surface area contributed by atoms with Gasteiger partial charge in [-0.2, -0.15) is 0 Å². The molecule has 1 amide bonds. The smallest absolute Gasteiger partial charge is 0.242 e. The Kier molecular flexibility index (Phi) is 6.33. The van der Waals surface area contributed by atoms with Crippen LogP contribution in [0.25, 0.3) is 0 Å². The van der Waals surface area contributed by atoms with E-state index in [0.29, 0.717) is 17.7 Å². The van der Waals surface area contributed by atoms with E-state index >= 15 is 0 Å². The number of anilines is 1. The van der Waals surface area contributed by atoms with Crippen LogP contribution in [0.4, 0.5) is 5.69 Å². The highest BCUT2D eigenvalue weighted by molar-refractivity contribution is 7.89. The first-order valence-electron chi connectivity index (χ1n) is 8.17. The Labute approximate surface area is 149 Å². The predicted octanol–water partition coefficient (Wildman–Crippen LogP) is 3.21. The maximum Gasteiger partial charge on any atom is 0.242 e. The molecule has 0 atom stereocenters. The van der Waals surface area contributed by atoms with E-state index in [1.54, 1.807) is 19.1 Å². The van der Waals surface area contributed by atoms with E-state index in [-0.39, 0.29) is 10.8 Å². The van der Waals surface area contributed by atoms with Gasteiger partial charge in [-0.25, -0.2) is 12.7 Å². The molecule has 0 unspecified atom stereocenters. The number of nitrogens with one attached hydrogen (secondary N) is 1. The maximum atomic E-state index is 12.3. The molecule has 25 heavy (non-hydrogen) atoms. The number of nitrogens with zero attached hydrogens (tertiary/aromatic N) is 1. The molecule has 0 radical (unpaired) electrons. The summed E-state index contributed by atoms with van der Waals surface area (Å²) in [5, 5.41) is 2.78. The van der Waals surface area contributed by atoms with Crippen molar-refractivity contribution in [1.82, 2.24) is 4.31 Å². The lowest BCUT2D eigenvalue weighted by Gasteiger charge is -2.15. The molecule has 0 aromatic heterocycles. The summed E-state index contributed by atoms with van der Waals surface area (Å²) in [7, 11) is -0.557. The second-order valence-electron chi connectivity index (χ2n) is 6.16. The Bertz CT molecular complexity index is 831. The number of rotatable bonds is 7. The van der Waals surface area contributed by atoms with Crippen LogP contribution in [0.3, 0.4) is 0 Å². The summed E-state index contributed by atoms with van der Waals surface area (Å²) in [6, 6.07) is 14.9. The lowest BCUT2D eigenvalue weighted by atomic mass is 10.1. The fourth-order valence-electron chi connectivity index (χ4n) is 2.47. The van der Waals surface area contributed by atoms with Crippen molar-refractivity contribution in [3.05, 3.63) is 59.7 Å². The molecule has 2 rings (SSSR count). The van der Waals surface area contributed by atoms with Gasteiger partial charge in [0, 0.05) is 26.2 Å². The molecule has 0 aliphatic heterocycles. The van der Waals surface area contributed by atoms with Crippen molar-refractivity contribution in [2.75, 3.05) is 19.4 Å². The Morgan fingerprint density at radius 2 is 1.76 bits per heavy atom. The number of carbonyl (C=O) groups is 1. The molecule has 2 aromatic rings. The van der Waals surface area contributed by atoms with Crippen LogP contribution in [0.15, 0.2) is 53.4 Å². The zero-order chi connectivity index (χ0) is 18.4. The average molecular weight is 360 g/mol. The van der Waals surface area contributed by atoms with Crippen LogP contribution in [0.1, 0.15) is 24.0 Å². The number of hydrogen-bond acceptors (Lipinski definition) is 3. The van der Waals surface area contributed by atoms with E-state index < -0.39 is 10.0 Å². The van der Waals surface area contributed by atoms with Crippen LogP contribution in [0, 0.1) is 6.92 Å². The SMILES string of the molecule is Cc1ccc(NC(=O)CCCc2ccccc2)cc1S(=O)(=O)N(C)C. The van der Waals surface area contributed by atoms with Gasteiger partial charge in [0.25, 0.3) is 0 Å². The Hall–Kier alpha value is -2.18. The van der Waals surface area contributed by atoms with Crippen LogP contribution in [-0.4, -0.2) is 32.7 Å². The van der Waals surface area contributed by atoms with Crippen molar-refractivity contribution >= 4 is 21.6 Å². The topological polar surface area (TPSA) is 66.5 Å². The summed E-state index contributed by atoms with van der Waals surface area (Å²) < 4.78 is 25.8. The normalized spacial score (nSPS) is 11.5. The number of aryl methyl sites for hydroxylation is 2. The standard InChI is InChI=1S/C19H24N2O3S/c1-15-12-13-17(14-18(15)25(23,24)21(2)3)20-19(22)11-7-10-16-8-5-4-6-9-16/h4-6,8-9,12-14H,7,10-11H2,1-3H3,(H,20,22). The number of carbonyl (C=O) groups excluding carboxylic acids is 1. The summed E-state index contributed by atoms with van der Waals surface area (Å²) in [4.78, 5) is 12.3. The molecule has 0 spiro atoms. The summed E-state index contributed by atoms with van der Waals surface area (Å²) in [5.41, 5.74) is 2.34. The average Bonchev–Trinajstić information content (AvgIpc) is 2.57. The van der Waals surface area contributed by atoms with Crippen molar-refractivity contribution in [1.29, 1.82) is 0 Å². The molecule has 0 bridgehead atoms. The van der Waals surface area contributed by atoms with E-state index in [9.17, 15) is 13.2 Å². The highest BCUT2D eigenvalue weighted by atomic mass is 32.2. The van der Waals surface area contributed by atoms with Crippen LogP contribution in [0.2, 0.25) is 0 Å². The fourth-order valence-corrected chi connectivity index (χ4v) is 3.62. The minimum Gasteiger partial charge on any atom is -0.326 e. The van der Waals surface area contributed by atoms with Crippen LogP contribution < -0.4 is 5.32 Å². The first-order valence-corrected chi connectivity index (χ1v) is 9.61. The molecule has 0 aliphatic carbocycles. The van der Waals surface area contributed by atoms with Gasteiger partial charge in [0.2, 0.25) is 15.9 Å². The third-order valence-electron chi connectivity index (χ3n) is 3.94. The van der Waals surface area contributed by atoms with Gasteiger partial charge >= 0.3 is 0 Å². The van der Waals surface area contributed by atoms with Gasteiger partial charge in [-0.3, -0.25) is 4.79 Å². The summed E-state index contributed by atoms with van der Waals surface area (Å²) in [6.45, 7) is 1.74. The summed E-state index contributed by atoms with van der Waals surface area (Å²) >= 11 is 0. The molecule has 2 aromatic carbocycles. The van der Waals surface area contributed by atoms with E-state index in [4.69, 9.17) is 0 Å². The van der Waals surface area contributed by atoms with Crippen molar-refractivity contribution in [3.8, 4) is 0 Å². The van der Waals surface area contributed by atoms with Gasteiger partial charge < -0.3 is 5.32 Å². The molecule has 6 heteroatoms. The predicted molar refractivity (Wildman–Crippen MR) is 100 cm³/mol. The molecule has 1 N–H and O–H groups in total. The van der Waals surface area contributed by atoms with E-state index in [0.717, 1.165) is 12.8 Å². The number of amides is 1. The van der Waals surface area contributed by atoms with Crippen molar-refractivity contribution in [2.45, 2.75) is 31.1 Å². The van der Waals surface area contributed by atoms with E-state index in [1.807, 2.05) is 30.3 Å². The second kappa shape index (κ2) is 8.27. The van der Waals surface area contributed by atoms with Gasteiger partial charge in [-0.1, -0.05) is 36.4 Å². The number of sulfonamides is 1. The zero-order valence-corrected chi connectivity index (χ0v) is 15.6. The minimum atomic E-state index is -3.54. The lowest BCUT2D eigenvalue weighted by Crippen LogP contribution is -2.23. The molecule has 0 saturated carbocycles. The van der Waals surface area contributed by atoms with E-state index in [1.165, 1.54) is 30.0 Å². The quantitative estimate of drug-likeness (QED) is 0.824. The van der Waals surface area contributed by atoms with Crippen molar-refractivity contribution in [2.24, 2.45) is 0 Å². The molecular formula is C19H24N2O3S. The molecule has 0 saturated heterocycles. The van der Waals surface area contributed by atoms with Crippen molar-refractivity contribution in [3.63, 3.8) is 0 Å². The maximum absolute atomic E-state index is 12.3. The number of hydrogen-bond donors (Lipinski definition) is 1. The minimum absolute atomic E-state index is 0.118. The molecule has 5 nitrogen and oxygen atoms in total. The Balaban J connectivity index is 1.99. The molecule has 0 heterocycles. The third-order valence-corrected chi connectivity index (χ3v) is 5.90. The Morgan fingerprint density at radius 3 is 2.40 bits per heavy atom. The summed E-state index contributed by atoms with van der Waals surface area (Å²) in [6.07, 6.45) is 1.96. The van der Waals surface area contributed by atoms with Gasteiger partial charge in [-0.05, 0) is 43.0 Å². The zero-order valence-electron chi connectivity index (χ0n) is 14.8. The summed E-state index contributed by atoms with van der Waals surface area (Å²) in [5.74, 6) is -0.118. The number of benzene rings is 2. The lowest BCUT2D eigenvalue weighted by molar-refractivity contribution is -0.116. The van der Waals surface area contributed by atoms with Crippen LogP contribution >= 0.6 is 0 Å². The van der Waals surface area contributed by atoms with Gasteiger partial charge in [0.05, 0.1) is 4.90 Å². The third kappa shape index (κ3) is 5.14. The molecule has 0 fully saturated rings. The van der Waals surface area contributed by atoms with Gasteiger partial charge in [-0.15, -0.1) is 0 Å². The highest BCUT2D eigenvalue weighted by Crippen LogP contribution is 2.22. The first-order chi connectivity index (χ1) is 11.8. The van der Waals surface area contributed by atoms with E-state index in [2.05, 4.69) is 5.32 Å². The first kappa shape index (κ1) is 19.1. The Morgan fingerprint density at radius 1 is 1.08 bits per heavy atom. The highest BCUT2D eigenvalue weighted by Gasteiger charge is 2.20. The molecule has 0 aliphatic rings. The van der Waals surface area contributed by atoms with Crippen LogP contribution in [-0.2, 0) is 21.2 Å². The van der Waals surface area contributed by atoms with Crippen LogP contribution in [0.5, 0.6) is 0 Å².